The summed E-state index contributed by atoms with van der Waals surface area (Å²) in [5.74, 6) is 1.99. The molecule has 1 saturated heterocycles. The molecule has 1 aliphatic rings. The SMILES string of the molecule is CCN1CCN(c2nc(-c3ccc(OCC(O[SiH](C)C)C(C)(C)C)cc3)cc3cscc23)CC1. The highest BCUT2D eigenvalue weighted by molar-refractivity contribution is 7.09. The second kappa shape index (κ2) is 10.8. The number of pyridine rings is 1. The fourth-order valence-corrected chi connectivity index (χ4v) is 6.27. The van der Waals surface area contributed by atoms with Gasteiger partial charge in [0.15, 0.2) is 9.04 Å². The minimum atomic E-state index is -1.14. The molecule has 4 rings (SSSR count). The Kier molecular flexibility index (Phi) is 7.97. The smallest absolute Gasteiger partial charge is 0.171 e. The van der Waals surface area contributed by atoms with Crippen molar-refractivity contribution in [2.24, 2.45) is 5.41 Å². The number of rotatable bonds is 8. The van der Waals surface area contributed by atoms with E-state index in [0.29, 0.717) is 6.61 Å². The van der Waals surface area contributed by atoms with Crippen molar-refractivity contribution in [1.82, 2.24) is 9.88 Å². The summed E-state index contributed by atoms with van der Waals surface area (Å²) >= 11 is 1.75. The largest absolute Gasteiger partial charge is 0.491 e. The van der Waals surface area contributed by atoms with Gasteiger partial charge in [-0.05, 0) is 66.2 Å². The van der Waals surface area contributed by atoms with Gasteiger partial charge in [0.1, 0.15) is 18.2 Å². The van der Waals surface area contributed by atoms with Crippen LogP contribution in [0.1, 0.15) is 27.7 Å². The average molecular weight is 498 g/mol. The van der Waals surface area contributed by atoms with Crippen LogP contribution >= 0.6 is 11.3 Å². The highest BCUT2D eigenvalue weighted by atomic mass is 32.1. The third-order valence-corrected chi connectivity index (χ3v) is 8.16. The number of piperazine rings is 1. The normalized spacial score (nSPS) is 16.4. The second-order valence-electron chi connectivity index (χ2n) is 10.5. The number of anilines is 1. The highest BCUT2D eigenvalue weighted by Crippen LogP contribution is 2.33. The van der Waals surface area contributed by atoms with Gasteiger partial charge in [0.25, 0.3) is 0 Å². The van der Waals surface area contributed by atoms with E-state index in [-0.39, 0.29) is 11.5 Å². The molecule has 3 aromatic rings. The summed E-state index contributed by atoms with van der Waals surface area (Å²) in [7, 11) is -1.14. The lowest BCUT2D eigenvalue weighted by Crippen LogP contribution is -2.46. The molecule has 5 nitrogen and oxygen atoms in total. The topological polar surface area (TPSA) is 37.8 Å². The molecule has 34 heavy (non-hydrogen) atoms. The van der Waals surface area contributed by atoms with Gasteiger partial charge in [-0.1, -0.05) is 27.7 Å². The lowest BCUT2D eigenvalue weighted by atomic mass is 9.90. The maximum atomic E-state index is 6.24. The predicted octanol–water partition coefficient (Wildman–Crippen LogP) is 5.90. The summed E-state index contributed by atoms with van der Waals surface area (Å²) in [6.45, 7) is 19.2. The van der Waals surface area contributed by atoms with Crippen molar-refractivity contribution in [1.29, 1.82) is 0 Å². The van der Waals surface area contributed by atoms with Crippen LogP contribution in [0.5, 0.6) is 5.75 Å². The van der Waals surface area contributed by atoms with E-state index in [2.05, 4.69) is 91.7 Å². The molecule has 3 heterocycles. The van der Waals surface area contributed by atoms with E-state index in [4.69, 9.17) is 14.1 Å². The van der Waals surface area contributed by atoms with Crippen molar-refractivity contribution in [2.75, 3.05) is 44.2 Å². The molecule has 0 spiro atoms. The van der Waals surface area contributed by atoms with Crippen molar-refractivity contribution in [3.8, 4) is 17.0 Å². The predicted molar refractivity (Wildman–Crippen MR) is 148 cm³/mol. The Hall–Kier alpha value is -1.93. The van der Waals surface area contributed by atoms with Gasteiger partial charge < -0.3 is 19.0 Å². The number of aromatic nitrogens is 1. The summed E-state index contributed by atoms with van der Waals surface area (Å²) in [6, 6.07) is 10.6. The van der Waals surface area contributed by atoms with Crippen molar-refractivity contribution >= 4 is 37.0 Å². The number of nitrogens with zero attached hydrogens (tertiary/aromatic N) is 3. The lowest BCUT2D eigenvalue weighted by Gasteiger charge is -2.35. The second-order valence-corrected chi connectivity index (χ2v) is 13.6. The number of ether oxygens (including phenoxy) is 1. The zero-order chi connectivity index (χ0) is 24.3. The van der Waals surface area contributed by atoms with Gasteiger partial charge in [-0.3, -0.25) is 0 Å². The molecule has 2 aromatic heterocycles. The first kappa shape index (κ1) is 25.2. The van der Waals surface area contributed by atoms with Gasteiger partial charge in [-0.15, -0.1) is 0 Å². The van der Waals surface area contributed by atoms with Crippen LogP contribution in [0.15, 0.2) is 41.1 Å². The molecule has 1 unspecified atom stereocenters. The molecule has 184 valence electrons. The number of benzene rings is 1. The van der Waals surface area contributed by atoms with Crippen molar-refractivity contribution in [3.05, 3.63) is 41.1 Å². The van der Waals surface area contributed by atoms with Crippen molar-refractivity contribution in [2.45, 2.75) is 46.9 Å². The third-order valence-electron chi connectivity index (χ3n) is 6.52. The van der Waals surface area contributed by atoms with E-state index in [9.17, 15) is 0 Å². The molecule has 0 radical (unpaired) electrons. The van der Waals surface area contributed by atoms with Gasteiger partial charge in [0, 0.05) is 42.5 Å². The zero-order valence-corrected chi connectivity index (χ0v) is 23.5. The first-order valence-corrected chi connectivity index (χ1v) is 16.2. The van der Waals surface area contributed by atoms with Gasteiger partial charge in [-0.25, -0.2) is 4.98 Å². The zero-order valence-electron chi connectivity index (χ0n) is 21.5. The number of hydrogen-bond donors (Lipinski definition) is 0. The van der Waals surface area contributed by atoms with Gasteiger partial charge in [0.2, 0.25) is 0 Å². The Labute approximate surface area is 210 Å². The minimum absolute atomic E-state index is 0.0517. The van der Waals surface area contributed by atoms with Crippen LogP contribution in [0.4, 0.5) is 5.82 Å². The van der Waals surface area contributed by atoms with Crippen LogP contribution in [0.3, 0.4) is 0 Å². The Morgan fingerprint density at radius 3 is 2.38 bits per heavy atom. The lowest BCUT2D eigenvalue weighted by molar-refractivity contribution is 0.0412. The quantitative estimate of drug-likeness (QED) is 0.362. The molecule has 0 saturated carbocycles. The maximum Gasteiger partial charge on any atom is 0.171 e. The summed E-state index contributed by atoms with van der Waals surface area (Å²) < 4.78 is 12.4. The first-order valence-electron chi connectivity index (χ1n) is 12.5. The van der Waals surface area contributed by atoms with Crippen LogP contribution < -0.4 is 9.64 Å². The number of thiophene rings is 1. The van der Waals surface area contributed by atoms with Gasteiger partial charge in [0.05, 0.1) is 11.8 Å². The fraction of sp³-hybridized carbons (Fsp3) is 0.519. The molecule has 0 amide bonds. The summed E-state index contributed by atoms with van der Waals surface area (Å²) in [6.07, 6.45) is 0.0947. The van der Waals surface area contributed by atoms with E-state index in [1.54, 1.807) is 11.3 Å². The summed E-state index contributed by atoms with van der Waals surface area (Å²) in [4.78, 5) is 10.1. The fourth-order valence-electron chi connectivity index (χ4n) is 4.33. The first-order chi connectivity index (χ1) is 16.2. The summed E-state index contributed by atoms with van der Waals surface area (Å²) in [5, 5.41) is 7.00. The molecular formula is C27H39N3O2SSi. The Morgan fingerprint density at radius 1 is 1.06 bits per heavy atom. The number of likely N-dealkylation sites (N-methyl/N-ethyl adjacent to an activating group) is 1. The monoisotopic (exact) mass is 497 g/mol. The Balaban J connectivity index is 1.51. The maximum absolute atomic E-state index is 6.24. The molecule has 1 aromatic carbocycles. The van der Waals surface area contributed by atoms with Crippen LogP contribution in [-0.4, -0.2) is 64.4 Å². The molecule has 0 aliphatic carbocycles. The molecule has 1 fully saturated rings. The van der Waals surface area contributed by atoms with Gasteiger partial charge in [-0.2, -0.15) is 11.3 Å². The van der Waals surface area contributed by atoms with Gasteiger partial charge >= 0.3 is 0 Å². The molecule has 0 bridgehead atoms. The van der Waals surface area contributed by atoms with E-state index in [1.807, 2.05) is 0 Å². The number of fused-ring (bicyclic) bond motifs is 1. The number of hydrogen-bond acceptors (Lipinski definition) is 6. The average Bonchev–Trinajstić information content (AvgIpc) is 3.29. The Morgan fingerprint density at radius 2 is 1.76 bits per heavy atom. The van der Waals surface area contributed by atoms with E-state index >= 15 is 0 Å². The standard InChI is InChI=1S/C27H39N3O2SSi/c1-7-29-12-14-30(15-13-29)26-23-19-33-18-21(23)16-24(28-26)20-8-10-22(11-9-20)31-17-25(27(2,3)4)32-34(5)6/h8-11,16,18-19,25,34H,7,12-15,17H2,1-6H3. The van der Waals surface area contributed by atoms with Crippen LogP contribution in [0, 0.1) is 5.41 Å². The molecule has 7 heteroatoms. The Bertz CT molecular complexity index is 1070. The molecular weight excluding hydrogens is 458 g/mol. The van der Waals surface area contributed by atoms with E-state index in [1.165, 1.54) is 10.8 Å². The van der Waals surface area contributed by atoms with Crippen LogP contribution in [0.25, 0.3) is 22.0 Å². The highest BCUT2D eigenvalue weighted by Gasteiger charge is 2.27. The minimum Gasteiger partial charge on any atom is -0.491 e. The van der Waals surface area contributed by atoms with Crippen LogP contribution in [-0.2, 0) is 4.43 Å². The van der Waals surface area contributed by atoms with Crippen molar-refractivity contribution < 1.29 is 9.16 Å². The van der Waals surface area contributed by atoms with Crippen molar-refractivity contribution in [3.63, 3.8) is 0 Å². The third kappa shape index (κ3) is 6.00. The molecule has 0 N–H and O–H groups in total. The van der Waals surface area contributed by atoms with E-state index in [0.717, 1.165) is 55.5 Å². The van der Waals surface area contributed by atoms with E-state index < -0.39 is 9.04 Å². The summed E-state index contributed by atoms with van der Waals surface area (Å²) in [5.41, 5.74) is 2.19. The molecule has 1 aliphatic heterocycles. The molecule has 1 atom stereocenters. The van der Waals surface area contributed by atoms with Crippen LogP contribution in [0.2, 0.25) is 13.1 Å².